The van der Waals surface area contributed by atoms with Crippen LogP contribution in [0.5, 0.6) is 5.75 Å². The Kier molecular flexibility index (Phi) is 6.05. The van der Waals surface area contributed by atoms with E-state index in [0.29, 0.717) is 23.5 Å². The quantitative estimate of drug-likeness (QED) is 0.635. The molecule has 3 aromatic rings. The summed E-state index contributed by atoms with van der Waals surface area (Å²) in [5.74, 6) is 0.188. The molecule has 0 saturated heterocycles. The average Bonchev–Trinajstić information content (AvgIpc) is 2.68. The largest absolute Gasteiger partial charge is 0.484 e. The van der Waals surface area contributed by atoms with Crippen LogP contribution < -0.4 is 15.4 Å². The van der Waals surface area contributed by atoms with Crippen LogP contribution in [-0.4, -0.2) is 12.5 Å². The minimum Gasteiger partial charge on any atom is -0.484 e. The molecule has 27 heavy (non-hydrogen) atoms. The number of carbonyl (C=O) groups excluding carboxylic acids is 1. The van der Waals surface area contributed by atoms with E-state index in [1.807, 2.05) is 43.3 Å². The van der Waals surface area contributed by atoms with Crippen molar-refractivity contribution in [1.82, 2.24) is 0 Å². The molecule has 0 aliphatic carbocycles. The lowest BCUT2D eigenvalue weighted by atomic mass is 10.2. The van der Waals surface area contributed by atoms with Crippen molar-refractivity contribution >= 4 is 17.3 Å². The molecule has 0 aliphatic heterocycles. The molecule has 0 aliphatic rings. The topological polar surface area (TPSA) is 50.4 Å². The Morgan fingerprint density at radius 1 is 0.926 bits per heavy atom. The van der Waals surface area contributed by atoms with Gasteiger partial charge in [-0.1, -0.05) is 35.9 Å². The predicted octanol–water partition coefficient (Wildman–Crippen LogP) is 4.76. The van der Waals surface area contributed by atoms with Gasteiger partial charge in [-0.05, 0) is 49.4 Å². The number of ether oxygens (including phenoxy) is 1. The molecule has 3 rings (SSSR count). The number of benzene rings is 3. The zero-order valence-corrected chi connectivity index (χ0v) is 15.0. The van der Waals surface area contributed by atoms with Gasteiger partial charge in [-0.15, -0.1) is 0 Å². The van der Waals surface area contributed by atoms with Crippen molar-refractivity contribution in [2.24, 2.45) is 0 Å². The van der Waals surface area contributed by atoms with E-state index in [1.54, 1.807) is 30.3 Å². The Morgan fingerprint density at radius 3 is 2.30 bits per heavy atom. The first kappa shape index (κ1) is 18.5. The van der Waals surface area contributed by atoms with E-state index in [-0.39, 0.29) is 18.3 Å². The standard InChI is InChI=1S/C22H21FN2O2/c1-16-6-12-20(13-7-16)27-15-22(26)25-19-10-8-18(9-11-19)24-14-17-4-2-3-5-21(17)23/h2-13,24H,14-15H2,1H3,(H,25,26). The third-order valence-corrected chi connectivity index (χ3v) is 4.00. The Balaban J connectivity index is 1.47. The molecule has 0 heterocycles. The lowest BCUT2D eigenvalue weighted by Gasteiger charge is -2.10. The van der Waals surface area contributed by atoms with Crippen molar-refractivity contribution in [2.45, 2.75) is 13.5 Å². The van der Waals surface area contributed by atoms with Crippen molar-refractivity contribution in [3.05, 3.63) is 89.7 Å². The number of halogens is 1. The number of hydrogen-bond donors (Lipinski definition) is 2. The number of rotatable bonds is 7. The average molecular weight is 364 g/mol. The zero-order valence-electron chi connectivity index (χ0n) is 15.0. The van der Waals surface area contributed by atoms with E-state index < -0.39 is 0 Å². The van der Waals surface area contributed by atoms with Crippen LogP contribution in [0.15, 0.2) is 72.8 Å². The van der Waals surface area contributed by atoms with Gasteiger partial charge in [-0.2, -0.15) is 0 Å². The van der Waals surface area contributed by atoms with E-state index in [9.17, 15) is 9.18 Å². The molecule has 3 aromatic carbocycles. The highest BCUT2D eigenvalue weighted by Crippen LogP contribution is 2.16. The highest BCUT2D eigenvalue weighted by molar-refractivity contribution is 5.92. The third-order valence-electron chi connectivity index (χ3n) is 4.00. The molecule has 1 amide bonds. The number of nitrogens with one attached hydrogen (secondary N) is 2. The maximum Gasteiger partial charge on any atom is 0.262 e. The van der Waals surface area contributed by atoms with Crippen LogP contribution in [0.1, 0.15) is 11.1 Å². The smallest absolute Gasteiger partial charge is 0.262 e. The summed E-state index contributed by atoms with van der Waals surface area (Å²) in [5.41, 5.74) is 3.25. The molecule has 0 radical (unpaired) electrons. The summed E-state index contributed by atoms with van der Waals surface area (Å²) >= 11 is 0. The summed E-state index contributed by atoms with van der Waals surface area (Å²) in [6, 6.07) is 21.4. The second-order valence-electron chi connectivity index (χ2n) is 6.17. The first-order valence-electron chi connectivity index (χ1n) is 8.67. The minimum atomic E-state index is -0.234. The van der Waals surface area contributed by atoms with Gasteiger partial charge in [0.05, 0.1) is 0 Å². The minimum absolute atomic E-state index is 0.0592. The summed E-state index contributed by atoms with van der Waals surface area (Å²) in [6.45, 7) is 2.32. The summed E-state index contributed by atoms with van der Waals surface area (Å²) < 4.78 is 19.1. The Bertz CT molecular complexity index is 893. The van der Waals surface area contributed by atoms with Gasteiger partial charge in [-0.25, -0.2) is 4.39 Å². The van der Waals surface area contributed by atoms with Gasteiger partial charge >= 0.3 is 0 Å². The van der Waals surface area contributed by atoms with Crippen LogP contribution in [-0.2, 0) is 11.3 Å². The summed E-state index contributed by atoms with van der Waals surface area (Å²) in [4.78, 5) is 12.0. The highest BCUT2D eigenvalue weighted by atomic mass is 19.1. The second-order valence-corrected chi connectivity index (χ2v) is 6.17. The molecule has 0 fully saturated rings. The fourth-order valence-corrected chi connectivity index (χ4v) is 2.49. The number of amides is 1. The van der Waals surface area contributed by atoms with E-state index in [2.05, 4.69) is 10.6 Å². The van der Waals surface area contributed by atoms with Crippen molar-refractivity contribution in [2.75, 3.05) is 17.2 Å². The lowest BCUT2D eigenvalue weighted by molar-refractivity contribution is -0.118. The molecule has 2 N–H and O–H groups in total. The molecule has 0 bridgehead atoms. The number of aryl methyl sites for hydroxylation is 1. The molecule has 0 spiro atoms. The fourth-order valence-electron chi connectivity index (χ4n) is 2.49. The van der Waals surface area contributed by atoms with Crippen molar-refractivity contribution in [3.8, 4) is 5.75 Å². The number of carbonyl (C=O) groups is 1. The van der Waals surface area contributed by atoms with E-state index in [4.69, 9.17) is 4.74 Å². The molecule has 138 valence electrons. The van der Waals surface area contributed by atoms with Crippen LogP contribution in [0.4, 0.5) is 15.8 Å². The van der Waals surface area contributed by atoms with E-state index in [0.717, 1.165) is 11.3 Å². The monoisotopic (exact) mass is 364 g/mol. The zero-order chi connectivity index (χ0) is 19.1. The van der Waals surface area contributed by atoms with Gasteiger partial charge < -0.3 is 15.4 Å². The molecular weight excluding hydrogens is 343 g/mol. The van der Waals surface area contributed by atoms with Gasteiger partial charge in [0.25, 0.3) is 5.91 Å². The van der Waals surface area contributed by atoms with Crippen LogP contribution in [0.25, 0.3) is 0 Å². The predicted molar refractivity (Wildman–Crippen MR) is 105 cm³/mol. The van der Waals surface area contributed by atoms with Crippen molar-refractivity contribution < 1.29 is 13.9 Å². The van der Waals surface area contributed by atoms with Crippen LogP contribution in [0.3, 0.4) is 0 Å². The highest BCUT2D eigenvalue weighted by Gasteiger charge is 2.05. The first-order chi connectivity index (χ1) is 13.1. The summed E-state index contributed by atoms with van der Waals surface area (Å²) in [5, 5.41) is 5.94. The van der Waals surface area contributed by atoms with Crippen LogP contribution >= 0.6 is 0 Å². The molecule has 0 atom stereocenters. The Hall–Kier alpha value is -3.34. The van der Waals surface area contributed by atoms with E-state index in [1.165, 1.54) is 6.07 Å². The molecule has 4 nitrogen and oxygen atoms in total. The van der Waals surface area contributed by atoms with Gasteiger partial charge in [0.15, 0.2) is 6.61 Å². The normalized spacial score (nSPS) is 10.3. The number of anilines is 2. The van der Waals surface area contributed by atoms with E-state index >= 15 is 0 Å². The van der Waals surface area contributed by atoms with Gasteiger partial charge in [-0.3, -0.25) is 4.79 Å². The Morgan fingerprint density at radius 2 is 1.59 bits per heavy atom. The molecule has 0 saturated carbocycles. The lowest BCUT2D eigenvalue weighted by Crippen LogP contribution is -2.20. The summed E-state index contributed by atoms with van der Waals surface area (Å²) in [7, 11) is 0. The molecule has 0 aromatic heterocycles. The van der Waals surface area contributed by atoms with Gasteiger partial charge in [0.2, 0.25) is 0 Å². The third kappa shape index (κ3) is 5.57. The number of hydrogen-bond acceptors (Lipinski definition) is 3. The fraction of sp³-hybridized carbons (Fsp3) is 0.136. The first-order valence-corrected chi connectivity index (χ1v) is 8.67. The van der Waals surface area contributed by atoms with Crippen molar-refractivity contribution in [3.63, 3.8) is 0 Å². The Labute approximate surface area is 158 Å². The SMILES string of the molecule is Cc1ccc(OCC(=O)Nc2ccc(NCc3ccccc3F)cc2)cc1. The van der Waals surface area contributed by atoms with Gasteiger partial charge in [0.1, 0.15) is 11.6 Å². The molecule has 5 heteroatoms. The van der Waals surface area contributed by atoms with Crippen molar-refractivity contribution in [1.29, 1.82) is 0 Å². The second kappa shape index (κ2) is 8.85. The van der Waals surface area contributed by atoms with Crippen LogP contribution in [0.2, 0.25) is 0 Å². The summed E-state index contributed by atoms with van der Waals surface area (Å²) in [6.07, 6.45) is 0. The maximum absolute atomic E-state index is 13.6. The molecular formula is C22H21FN2O2. The molecule has 0 unspecified atom stereocenters. The van der Waals surface area contributed by atoms with Gasteiger partial charge in [0, 0.05) is 23.5 Å². The maximum atomic E-state index is 13.6. The van der Waals surface area contributed by atoms with Crippen LogP contribution in [0, 0.1) is 12.7 Å².